The highest BCUT2D eigenvalue weighted by molar-refractivity contribution is 5.81. The summed E-state index contributed by atoms with van der Waals surface area (Å²) >= 11 is 0. The zero-order valence-corrected chi connectivity index (χ0v) is 21.4. The standard InChI is InChI=1S/C29H36N4O3/c1-22-10-7-8-11-25(22)20-27(31(3)28(34)21-33-17-9-16-30-33)24-14-18-32(19-15-24)29(35)23(2)36-26-12-5-4-6-13-26/h4-13,16-17,23-24,27H,14-15,18-21H2,1-3H3/t23-,27+/m0/s1. The largest absolute Gasteiger partial charge is 0.481 e. The molecule has 0 aliphatic carbocycles. The number of benzene rings is 2. The minimum Gasteiger partial charge on any atom is -0.481 e. The molecule has 1 aliphatic heterocycles. The first-order valence-electron chi connectivity index (χ1n) is 12.7. The van der Waals surface area contributed by atoms with Crippen LogP contribution in [0, 0.1) is 12.8 Å². The minimum absolute atomic E-state index is 0.0101. The van der Waals surface area contributed by atoms with Crippen molar-refractivity contribution in [1.82, 2.24) is 19.6 Å². The average molecular weight is 489 g/mol. The third kappa shape index (κ3) is 6.33. The number of likely N-dealkylation sites (tertiary alicyclic amines) is 1. The fourth-order valence-corrected chi connectivity index (χ4v) is 5.03. The molecule has 0 unspecified atom stereocenters. The number of carbonyl (C=O) groups is 2. The topological polar surface area (TPSA) is 67.7 Å². The number of likely N-dealkylation sites (N-methyl/N-ethyl adjacent to an activating group) is 1. The summed E-state index contributed by atoms with van der Waals surface area (Å²) in [5.74, 6) is 1.05. The van der Waals surface area contributed by atoms with Gasteiger partial charge >= 0.3 is 0 Å². The Labute approximate surface area is 213 Å². The van der Waals surface area contributed by atoms with Gasteiger partial charge in [0.15, 0.2) is 6.10 Å². The van der Waals surface area contributed by atoms with E-state index in [9.17, 15) is 9.59 Å². The number of carbonyl (C=O) groups excluding carboxylic acids is 2. The van der Waals surface area contributed by atoms with Gasteiger partial charge in [-0.25, -0.2) is 0 Å². The van der Waals surface area contributed by atoms with Crippen LogP contribution >= 0.6 is 0 Å². The summed E-state index contributed by atoms with van der Waals surface area (Å²) in [6.07, 6.45) is 5.45. The van der Waals surface area contributed by atoms with E-state index in [1.165, 1.54) is 11.1 Å². The second-order valence-electron chi connectivity index (χ2n) is 9.64. The Balaban J connectivity index is 1.42. The monoisotopic (exact) mass is 488 g/mol. The van der Waals surface area contributed by atoms with E-state index < -0.39 is 6.10 Å². The number of nitrogens with zero attached hydrogens (tertiary/aromatic N) is 4. The Morgan fingerprint density at radius 3 is 2.42 bits per heavy atom. The molecule has 4 rings (SSSR count). The lowest BCUT2D eigenvalue weighted by atomic mass is 9.84. The average Bonchev–Trinajstić information content (AvgIpc) is 3.41. The number of piperidine rings is 1. The number of aryl methyl sites for hydroxylation is 1. The van der Waals surface area contributed by atoms with Gasteiger partial charge in [0.25, 0.3) is 5.91 Å². The van der Waals surface area contributed by atoms with Crippen molar-refractivity contribution < 1.29 is 14.3 Å². The molecule has 0 N–H and O–H groups in total. The van der Waals surface area contributed by atoms with Gasteiger partial charge in [0.1, 0.15) is 12.3 Å². The molecule has 1 aliphatic rings. The molecule has 2 atom stereocenters. The van der Waals surface area contributed by atoms with E-state index in [0.717, 1.165) is 19.3 Å². The van der Waals surface area contributed by atoms with Gasteiger partial charge in [0, 0.05) is 38.6 Å². The predicted molar refractivity (Wildman–Crippen MR) is 140 cm³/mol. The van der Waals surface area contributed by atoms with Gasteiger partial charge in [-0.1, -0.05) is 42.5 Å². The maximum atomic E-state index is 13.2. The van der Waals surface area contributed by atoms with Crippen LogP contribution in [0.3, 0.4) is 0 Å². The molecule has 7 heteroatoms. The molecule has 2 amide bonds. The molecule has 1 saturated heterocycles. The molecule has 3 aromatic rings. The maximum absolute atomic E-state index is 13.2. The molecule has 0 radical (unpaired) electrons. The molecule has 1 aromatic heterocycles. The van der Waals surface area contributed by atoms with E-state index in [1.807, 2.05) is 72.4 Å². The van der Waals surface area contributed by atoms with Gasteiger partial charge in [-0.2, -0.15) is 5.10 Å². The lowest BCUT2D eigenvalue weighted by Crippen LogP contribution is -2.50. The smallest absolute Gasteiger partial charge is 0.263 e. The van der Waals surface area contributed by atoms with E-state index in [4.69, 9.17) is 4.74 Å². The van der Waals surface area contributed by atoms with Gasteiger partial charge in [-0.15, -0.1) is 0 Å². The van der Waals surface area contributed by atoms with Crippen LogP contribution in [0.4, 0.5) is 0 Å². The molecule has 1 fully saturated rings. The summed E-state index contributed by atoms with van der Waals surface area (Å²) in [5, 5.41) is 4.20. The van der Waals surface area contributed by atoms with Crippen molar-refractivity contribution >= 4 is 11.8 Å². The lowest BCUT2D eigenvalue weighted by molar-refractivity contribution is -0.141. The van der Waals surface area contributed by atoms with Crippen molar-refractivity contribution in [3.63, 3.8) is 0 Å². The van der Waals surface area contributed by atoms with Crippen LogP contribution in [0.15, 0.2) is 73.1 Å². The van der Waals surface area contributed by atoms with Gasteiger partial charge in [0.2, 0.25) is 5.91 Å². The van der Waals surface area contributed by atoms with Gasteiger partial charge in [-0.3, -0.25) is 14.3 Å². The molecular formula is C29H36N4O3. The van der Waals surface area contributed by atoms with E-state index >= 15 is 0 Å². The van der Waals surface area contributed by atoms with Crippen molar-refractivity contribution in [2.24, 2.45) is 5.92 Å². The second kappa shape index (κ2) is 11.9. The van der Waals surface area contributed by atoms with Gasteiger partial charge in [0.05, 0.1) is 0 Å². The van der Waals surface area contributed by atoms with E-state index in [-0.39, 0.29) is 24.4 Å². The summed E-state index contributed by atoms with van der Waals surface area (Å²) in [5.41, 5.74) is 2.49. The second-order valence-corrected chi connectivity index (χ2v) is 9.64. The van der Waals surface area contributed by atoms with Crippen LogP contribution in [-0.2, 0) is 22.6 Å². The Morgan fingerprint density at radius 1 is 1.06 bits per heavy atom. The Hall–Kier alpha value is -3.61. The first kappa shape index (κ1) is 25.5. The highest BCUT2D eigenvalue weighted by atomic mass is 16.5. The number of hydrogen-bond donors (Lipinski definition) is 0. The quantitative estimate of drug-likeness (QED) is 0.457. The van der Waals surface area contributed by atoms with Crippen LogP contribution in [-0.4, -0.2) is 63.7 Å². The molecule has 0 bridgehead atoms. The third-order valence-electron chi connectivity index (χ3n) is 7.24. The molecule has 36 heavy (non-hydrogen) atoms. The van der Waals surface area contributed by atoms with Gasteiger partial charge < -0.3 is 14.5 Å². The van der Waals surface area contributed by atoms with Crippen LogP contribution in [0.2, 0.25) is 0 Å². The summed E-state index contributed by atoms with van der Waals surface area (Å²) < 4.78 is 7.53. The Kier molecular flexibility index (Phi) is 8.41. The first-order valence-corrected chi connectivity index (χ1v) is 12.7. The highest BCUT2D eigenvalue weighted by Crippen LogP contribution is 2.28. The normalized spacial score (nSPS) is 15.8. The zero-order valence-electron chi connectivity index (χ0n) is 21.4. The number of ether oxygens (including phenoxy) is 1. The Morgan fingerprint density at radius 2 is 1.75 bits per heavy atom. The van der Waals surface area contributed by atoms with E-state index in [0.29, 0.717) is 24.8 Å². The molecule has 7 nitrogen and oxygen atoms in total. The number of para-hydroxylation sites is 1. The van der Waals surface area contributed by atoms with Crippen molar-refractivity contribution in [1.29, 1.82) is 0 Å². The molecule has 0 spiro atoms. The predicted octanol–water partition coefficient (Wildman–Crippen LogP) is 3.97. The van der Waals surface area contributed by atoms with Gasteiger partial charge in [-0.05, 0) is 68.4 Å². The number of aromatic nitrogens is 2. The van der Waals surface area contributed by atoms with Crippen molar-refractivity contribution in [2.45, 2.75) is 51.8 Å². The SMILES string of the molecule is Cc1ccccc1C[C@H](C1CCN(C(=O)[C@H](C)Oc2ccccc2)CC1)N(C)C(=O)Cn1cccn1. The van der Waals surface area contributed by atoms with Crippen LogP contribution in [0.25, 0.3) is 0 Å². The highest BCUT2D eigenvalue weighted by Gasteiger charge is 2.34. The van der Waals surface area contributed by atoms with E-state index in [1.54, 1.807) is 10.9 Å². The summed E-state index contributed by atoms with van der Waals surface area (Å²) in [7, 11) is 1.90. The Bertz CT molecular complexity index is 1120. The van der Waals surface area contributed by atoms with Crippen molar-refractivity contribution in [2.75, 3.05) is 20.1 Å². The third-order valence-corrected chi connectivity index (χ3v) is 7.24. The molecule has 2 heterocycles. The molecule has 190 valence electrons. The number of hydrogen-bond acceptors (Lipinski definition) is 4. The van der Waals surface area contributed by atoms with Crippen molar-refractivity contribution in [3.05, 3.63) is 84.2 Å². The van der Waals surface area contributed by atoms with Crippen LogP contribution in [0.5, 0.6) is 5.75 Å². The fraction of sp³-hybridized carbons (Fsp3) is 0.414. The van der Waals surface area contributed by atoms with Crippen molar-refractivity contribution in [3.8, 4) is 5.75 Å². The summed E-state index contributed by atoms with van der Waals surface area (Å²) in [6, 6.07) is 19.7. The zero-order chi connectivity index (χ0) is 25.5. The number of rotatable bonds is 9. The molecule has 2 aromatic carbocycles. The van der Waals surface area contributed by atoms with Crippen LogP contribution in [0.1, 0.15) is 30.9 Å². The molecule has 0 saturated carbocycles. The minimum atomic E-state index is -0.537. The first-order chi connectivity index (χ1) is 17.4. The summed E-state index contributed by atoms with van der Waals surface area (Å²) in [4.78, 5) is 30.1. The number of amides is 2. The molecular weight excluding hydrogens is 452 g/mol. The van der Waals surface area contributed by atoms with Crippen LogP contribution < -0.4 is 4.74 Å². The maximum Gasteiger partial charge on any atom is 0.263 e. The fourth-order valence-electron chi connectivity index (χ4n) is 5.03. The van der Waals surface area contributed by atoms with E-state index in [2.05, 4.69) is 30.2 Å². The summed E-state index contributed by atoms with van der Waals surface area (Å²) in [6.45, 7) is 5.48. The lowest BCUT2D eigenvalue weighted by Gasteiger charge is -2.40.